The van der Waals surface area contributed by atoms with Crippen molar-refractivity contribution < 1.29 is 28.3 Å². The Morgan fingerprint density at radius 3 is 2.79 bits per heavy atom. The molecule has 1 aromatic heterocycles. The molecule has 0 spiro atoms. The zero-order valence-corrected chi connectivity index (χ0v) is 15.8. The molecule has 0 bridgehead atoms. The molecule has 8 nitrogen and oxygen atoms in total. The molecule has 1 atom stereocenters. The molecule has 0 unspecified atom stereocenters. The van der Waals surface area contributed by atoms with Crippen LogP contribution in [0.4, 0.5) is 0 Å². The van der Waals surface area contributed by atoms with Gasteiger partial charge in [-0.25, -0.2) is 0 Å². The molecule has 4 rings (SSSR count). The van der Waals surface area contributed by atoms with Crippen LogP contribution < -0.4 is 14.8 Å². The van der Waals surface area contributed by atoms with Gasteiger partial charge in [0.1, 0.15) is 18.9 Å². The molecule has 8 heteroatoms. The van der Waals surface area contributed by atoms with Gasteiger partial charge in [0.25, 0.3) is 5.91 Å². The predicted octanol–water partition coefficient (Wildman–Crippen LogP) is 2.56. The Hall–Kier alpha value is -3.55. The fraction of sp³-hybridized carbons (Fsp3) is 0.286. The van der Waals surface area contributed by atoms with Gasteiger partial charge < -0.3 is 24.1 Å². The average Bonchev–Trinajstić information content (AvgIpc) is 3.14. The lowest BCUT2D eigenvalue weighted by atomic mass is 10.1. The quantitative estimate of drug-likeness (QED) is 0.639. The number of aromatic nitrogens is 1. The van der Waals surface area contributed by atoms with Crippen LogP contribution in [0.25, 0.3) is 11.0 Å². The monoisotopic (exact) mass is 396 g/mol. The third kappa shape index (κ3) is 4.31. The summed E-state index contributed by atoms with van der Waals surface area (Å²) in [4.78, 5) is 24.2. The molecule has 0 aliphatic carbocycles. The maximum absolute atomic E-state index is 12.2. The van der Waals surface area contributed by atoms with Crippen LogP contribution in [0.5, 0.6) is 11.5 Å². The van der Waals surface area contributed by atoms with Gasteiger partial charge in [0, 0.05) is 5.39 Å². The highest BCUT2D eigenvalue weighted by atomic mass is 16.6. The van der Waals surface area contributed by atoms with E-state index < -0.39 is 11.9 Å². The van der Waals surface area contributed by atoms with Crippen LogP contribution in [0.1, 0.15) is 24.2 Å². The van der Waals surface area contributed by atoms with Gasteiger partial charge in [-0.15, -0.1) is 0 Å². The van der Waals surface area contributed by atoms with Gasteiger partial charge in [-0.05, 0) is 36.8 Å². The lowest BCUT2D eigenvalue weighted by molar-refractivity contribution is -0.148. The Labute approximate surface area is 166 Å². The number of amides is 1. The Morgan fingerprint density at radius 1 is 1.14 bits per heavy atom. The average molecular weight is 396 g/mol. The predicted molar refractivity (Wildman–Crippen MR) is 103 cm³/mol. The van der Waals surface area contributed by atoms with Crippen molar-refractivity contribution in [3.8, 4) is 11.5 Å². The van der Waals surface area contributed by atoms with Gasteiger partial charge in [0.15, 0.2) is 23.7 Å². The Bertz CT molecular complexity index is 1040. The number of carbonyl (C=O) groups excluding carboxylic acids is 2. The Kier molecular flexibility index (Phi) is 5.33. The van der Waals surface area contributed by atoms with Crippen molar-refractivity contribution in [2.24, 2.45) is 0 Å². The first-order chi connectivity index (χ1) is 14.1. The fourth-order valence-corrected chi connectivity index (χ4v) is 3.10. The highest BCUT2D eigenvalue weighted by Gasteiger charge is 2.18. The van der Waals surface area contributed by atoms with E-state index in [1.807, 2.05) is 43.3 Å². The molecule has 29 heavy (non-hydrogen) atoms. The maximum Gasteiger partial charge on any atom is 0.312 e. The number of carbonyl (C=O) groups is 2. The van der Waals surface area contributed by atoms with Gasteiger partial charge in [0.05, 0.1) is 12.5 Å². The van der Waals surface area contributed by atoms with Gasteiger partial charge in [-0.3, -0.25) is 9.59 Å². The SMILES string of the molecule is C[C@@H](NC(=O)COC(=O)Cc1noc2ccccc12)c1ccc2c(c1)OCCO2. The van der Waals surface area contributed by atoms with Crippen LogP contribution in [0.2, 0.25) is 0 Å². The van der Waals surface area contributed by atoms with E-state index in [0.717, 1.165) is 10.9 Å². The molecule has 1 aliphatic heterocycles. The van der Waals surface area contributed by atoms with Crippen molar-refractivity contribution in [2.75, 3.05) is 19.8 Å². The number of rotatable bonds is 6. The number of para-hydroxylation sites is 1. The van der Waals surface area contributed by atoms with Crippen LogP contribution in [0.15, 0.2) is 47.0 Å². The van der Waals surface area contributed by atoms with E-state index in [1.54, 1.807) is 6.07 Å². The van der Waals surface area contributed by atoms with Gasteiger partial charge in [-0.2, -0.15) is 0 Å². The lowest BCUT2D eigenvalue weighted by Gasteiger charge is -2.21. The number of benzene rings is 2. The number of nitrogens with one attached hydrogen (secondary N) is 1. The topological polar surface area (TPSA) is 99.9 Å². The number of hydrogen-bond donors (Lipinski definition) is 1. The Morgan fingerprint density at radius 2 is 1.93 bits per heavy atom. The van der Waals surface area contributed by atoms with Crippen LogP contribution >= 0.6 is 0 Å². The zero-order valence-electron chi connectivity index (χ0n) is 15.8. The summed E-state index contributed by atoms with van der Waals surface area (Å²) in [5, 5.41) is 7.44. The third-order valence-electron chi connectivity index (χ3n) is 4.57. The molecule has 2 heterocycles. The molecular weight excluding hydrogens is 376 g/mol. The summed E-state index contributed by atoms with van der Waals surface area (Å²) in [6.07, 6.45) is -0.0675. The minimum atomic E-state index is -0.550. The standard InChI is InChI=1S/C21H20N2O6/c1-13(14-6-7-18-19(10-14)27-9-8-26-18)22-20(24)12-28-21(25)11-16-15-4-2-3-5-17(15)29-23-16/h2-7,10,13H,8-9,11-12H2,1H3,(H,22,24)/t13-/m1/s1. The van der Waals surface area contributed by atoms with Crippen LogP contribution in [-0.4, -0.2) is 36.9 Å². The number of fused-ring (bicyclic) bond motifs is 2. The van der Waals surface area contributed by atoms with E-state index in [2.05, 4.69) is 10.5 Å². The van der Waals surface area contributed by atoms with Crippen molar-refractivity contribution in [3.05, 3.63) is 53.7 Å². The smallest absolute Gasteiger partial charge is 0.312 e. The van der Waals surface area contributed by atoms with Crippen LogP contribution in [-0.2, 0) is 20.7 Å². The number of hydrogen-bond acceptors (Lipinski definition) is 7. The first-order valence-electron chi connectivity index (χ1n) is 9.28. The minimum Gasteiger partial charge on any atom is -0.486 e. The van der Waals surface area contributed by atoms with Crippen molar-refractivity contribution >= 4 is 22.8 Å². The summed E-state index contributed by atoms with van der Waals surface area (Å²) < 4.78 is 21.3. The summed E-state index contributed by atoms with van der Waals surface area (Å²) in [5.41, 5.74) is 1.94. The maximum atomic E-state index is 12.2. The second-order valence-corrected chi connectivity index (χ2v) is 6.66. The van der Waals surface area contributed by atoms with Crippen molar-refractivity contribution in [1.29, 1.82) is 0 Å². The van der Waals surface area contributed by atoms with Crippen molar-refractivity contribution in [2.45, 2.75) is 19.4 Å². The zero-order chi connectivity index (χ0) is 20.2. The molecule has 1 N–H and O–H groups in total. The molecule has 0 saturated heterocycles. The second kappa shape index (κ2) is 8.22. The summed E-state index contributed by atoms with van der Waals surface area (Å²) in [6, 6.07) is 12.5. The number of esters is 1. The number of nitrogens with zero attached hydrogens (tertiary/aromatic N) is 1. The first-order valence-corrected chi connectivity index (χ1v) is 9.28. The molecular formula is C21H20N2O6. The van der Waals surface area contributed by atoms with E-state index >= 15 is 0 Å². The molecule has 0 fully saturated rings. The normalized spacial score (nSPS) is 13.7. The minimum absolute atomic E-state index is 0.0675. The third-order valence-corrected chi connectivity index (χ3v) is 4.57. The highest BCUT2D eigenvalue weighted by Crippen LogP contribution is 2.32. The first kappa shape index (κ1) is 18.8. The van der Waals surface area contributed by atoms with Gasteiger partial charge in [-0.1, -0.05) is 23.4 Å². The van der Waals surface area contributed by atoms with Crippen LogP contribution in [0, 0.1) is 0 Å². The van der Waals surface area contributed by atoms with E-state index in [4.69, 9.17) is 18.7 Å². The molecule has 150 valence electrons. The second-order valence-electron chi connectivity index (χ2n) is 6.66. The lowest BCUT2D eigenvalue weighted by Crippen LogP contribution is -2.31. The van der Waals surface area contributed by atoms with Crippen molar-refractivity contribution in [3.63, 3.8) is 0 Å². The number of ether oxygens (including phenoxy) is 3. The molecule has 0 radical (unpaired) electrons. The molecule has 3 aromatic rings. The van der Waals surface area contributed by atoms with Gasteiger partial charge >= 0.3 is 5.97 Å². The van der Waals surface area contributed by atoms with Gasteiger partial charge in [0.2, 0.25) is 0 Å². The largest absolute Gasteiger partial charge is 0.486 e. The van der Waals surface area contributed by atoms with E-state index in [1.165, 1.54) is 0 Å². The molecule has 2 aromatic carbocycles. The summed E-state index contributed by atoms with van der Waals surface area (Å²) in [5.74, 6) is 0.394. The van der Waals surface area contributed by atoms with Crippen molar-refractivity contribution in [1.82, 2.24) is 10.5 Å². The van der Waals surface area contributed by atoms with E-state index in [9.17, 15) is 9.59 Å². The highest BCUT2D eigenvalue weighted by molar-refractivity contribution is 5.85. The van der Waals surface area contributed by atoms with Crippen LogP contribution in [0.3, 0.4) is 0 Å². The van der Waals surface area contributed by atoms with E-state index in [0.29, 0.717) is 36.0 Å². The molecule has 1 aliphatic rings. The summed E-state index contributed by atoms with van der Waals surface area (Å²) in [6.45, 7) is 2.48. The molecule has 1 amide bonds. The molecule has 0 saturated carbocycles. The van der Waals surface area contributed by atoms with E-state index in [-0.39, 0.29) is 19.1 Å². The Balaban J connectivity index is 1.28. The summed E-state index contributed by atoms with van der Waals surface area (Å²) >= 11 is 0. The fourth-order valence-electron chi connectivity index (χ4n) is 3.10. The summed E-state index contributed by atoms with van der Waals surface area (Å²) in [7, 11) is 0.